The first-order valence-corrected chi connectivity index (χ1v) is 23.3. The van der Waals surface area contributed by atoms with Crippen molar-refractivity contribution in [2.24, 2.45) is 0 Å². The molecular formula is C43H53N4O13PS. The van der Waals surface area contributed by atoms with Crippen LogP contribution in [0, 0.1) is 20.8 Å². The van der Waals surface area contributed by atoms with Crippen LogP contribution in [0.1, 0.15) is 69.7 Å². The molecule has 0 amide bonds. The summed E-state index contributed by atoms with van der Waals surface area (Å²) in [6.07, 6.45) is 3.33. The number of phosphoric acid groups is 1. The van der Waals surface area contributed by atoms with Crippen LogP contribution in [-0.4, -0.2) is 115 Å². The Kier molecular flexibility index (Phi) is 12.5. The molecule has 0 spiro atoms. The average Bonchev–Trinajstić information content (AvgIpc) is 3.86. The van der Waals surface area contributed by atoms with Crippen LogP contribution in [-0.2, 0) is 36.3 Å². The molecule has 1 aromatic heterocycles. The van der Waals surface area contributed by atoms with E-state index in [9.17, 15) is 23.9 Å². The van der Waals surface area contributed by atoms with Crippen LogP contribution in [0.3, 0.4) is 0 Å². The van der Waals surface area contributed by atoms with Crippen molar-refractivity contribution in [2.75, 3.05) is 66.6 Å². The smallest absolute Gasteiger partial charge is 0.472 e. The van der Waals surface area contributed by atoms with Gasteiger partial charge in [0.05, 0.1) is 26.3 Å². The number of carbonyl (C=O) groups excluding carboxylic acids is 2. The lowest BCUT2D eigenvalue weighted by Crippen LogP contribution is -2.63. The standard InChI is InChI=1S/C43H53N4O13PS/c1-21-13-25-14-26-16-47(32(18-62-8)37(46(26)5)34(25)42(38(21)54-7)58-20-59-61(50,51)52)31(33-22(2)39(60-24(4)48)23(3)40-41(33)57-19-56-40)17-55-43(49)36-35-28(11-12-44-36)29-15-27(53-6)9-10-30(29)45-35/h9-10,13,15,26,31-32,36-37,44-45H,11-12,14,16-20H2,1-8H3,(H2,50,51,52)/t26-,31-,32?,36?,37-/m0/s1. The summed E-state index contributed by atoms with van der Waals surface area (Å²) in [5.74, 6) is 2.42. The van der Waals surface area contributed by atoms with Gasteiger partial charge in [0, 0.05) is 76.7 Å². The number of hydrogen-bond donors (Lipinski definition) is 4. The molecule has 3 aromatic carbocycles. The van der Waals surface area contributed by atoms with E-state index in [0.29, 0.717) is 77.1 Å². The van der Waals surface area contributed by atoms with Crippen molar-refractivity contribution in [2.45, 2.75) is 70.7 Å². The highest BCUT2D eigenvalue weighted by Gasteiger charge is 2.50. The molecule has 62 heavy (non-hydrogen) atoms. The number of nitrogens with zero attached hydrogens (tertiary/aromatic N) is 2. The predicted molar refractivity (Wildman–Crippen MR) is 230 cm³/mol. The SMILES string of the molecule is COc1ccc2[nH]c3c(c2c1)CCNC3C(=O)OC[C@@H](c1c(C)c(OC(C)=O)c(C)c2c1OCO2)N1C[C@@H]2Cc3cc(C)c(OC)c(OCOP(=O)(O)O)c3[C@H](C1CSC)N2C. The van der Waals surface area contributed by atoms with Crippen molar-refractivity contribution in [3.05, 3.63) is 68.9 Å². The normalized spacial score (nSPS) is 21.3. The first-order chi connectivity index (χ1) is 29.6. The molecule has 19 heteroatoms. The first-order valence-electron chi connectivity index (χ1n) is 20.3. The second-order valence-electron chi connectivity index (χ2n) is 16.1. The zero-order valence-electron chi connectivity index (χ0n) is 36.0. The zero-order chi connectivity index (χ0) is 44.2. The van der Waals surface area contributed by atoms with Crippen LogP contribution in [0.4, 0.5) is 0 Å². The van der Waals surface area contributed by atoms with Gasteiger partial charge in [-0.05, 0) is 81.8 Å². The summed E-state index contributed by atoms with van der Waals surface area (Å²) < 4.78 is 58.7. The molecule has 5 heterocycles. The third-order valence-electron chi connectivity index (χ3n) is 12.5. The number of carbonyl (C=O) groups is 2. The molecular weight excluding hydrogens is 844 g/mol. The number of methoxy groups -OCH3 is 2. The second kappa shape index (κ2) is 17.6. The van der Waals surface area contributed by atoms with E-state index in [1.54, 1.807) is 18.9 Å². The topological polar surface area (TPSA) is 200 Å². The fourth-order valence-electron chi connectivity index (χ4n) is 9.91. The van der Waals surface area contributed by atoms with Gasteiger partial charge in [-0.1, -0.05) is 6.07 Å². The number of aromatic nitrogens is 1. The van der Waals surface area contributed by atoms with Gasteiger partial charge in [-0.2, -0.15) is 11.8 Å². The Morgan fingerprint density at radius 2 is 1.82 bits per heavy atom. The fraction of sp³-hybridized carbons (Fsp3) is 0.488. The number of benzene rings is 3. The van der Waals surface area contributed by atoms with E-state index < -0.39 is 38.6 Å². The number of nitrogens with one attached hydrogen (secondary N) is 2. The van der Waals surface area contributed by atoms with Gasteiger partial charge in [-0.25, -0.2) is 13.9 Å². The monoisotopic (exact) mass is 896 g/mol. The minimum Gasteiger partial charge on any atom is -0.497 e. The molecule has 17 nitrogen and oxygen atoms in total. The summed E-state index contributed by atoms with van der Waals surface area (Å²) in [5, 5.41) is 4.37. The van der Waals surface area contributed by atoms with Crippen molar-refractivity contribution in [1.82, 2.24) is 20.1 Å². The van der Waals surface area contributed by atoms with Gasteiger partial charge in [-0.3, -0.25) is 19.9 Å². The maximum absolute atomic E-state index is 14.5. The zero-order valence-corrected chi connectivity index (χ0v) is 37.7. The molecule has 4 aliphatic rings. The van der Waals surface area contributed by atoms with Gasteiger partial charge in [0.2, 0.25) is 13.6 Å². The van der Waals surface area contributed by atoms with Crippen LogP contribution in [0.15, 0.2) is 24.3 Å². The van der Waals surface area contributed by atoms with E-state index in [2.05, 4.69) is 33.2 Å². The summed E-state index contributed by atoms with van der Waals surface area (Å²) in [6, 6.07) is 5.79. The maximum atomic E-state index is 14.5. The molecule has 1 fully saturated rings. The number of aromatic amines is 1. The summed E-state index contributed by atoms with van der Waals surface area (Å²) >= 11 is 1.65. The van der Waals surface area contributed by atoms with Crippen LogP contribution >= 0.6 is 19.6 Å². The number of aryl methyl sites for hydroxylation is 1. The highest BCUT2D eigenvalue weighted by atomic mass is 32.2. The lowest BCUT2D eigenvalue weighted by Gasteiger charge is -2.56. The molecule has 4 aromatic rings. The molecule has 4 aliphatic heterocycles. The van der Waals surface area contributed by atoms with E-state index in [-0.39, 0.29) is 31.5 Å². The van der Waals surface area contributed by atoms with Gasteiger partial charge >= 0.3 is 19.8 Å². The number of phosphoric ester groups is 1. The first kappa shape index (κ1) is 44.1. The Balaban J connectivity index is 1.24. The van der Waals surface area contributed by atoms with Gasteiger partial charge in [0.25, 0.3) is 0 Å². The van der Waals surface area contributed by atoms with Gasteiger partial charge in [0.15, 0.2) is 23.0 Å². The summed E-state index contributed by atoms with van der Waals surface area (Å²) in [4.78, 5) is 54.3. The largest absolute Gasteiger partial charge is 0.497 e. The summed E-state index contributed by atoms with van der Waals surface area (Å²) in [5.41, 5.74) is 7.23. The van der Waals surface area contributed by atoms with Gasteiger partial charge in [0.1, 0.15) is 24.1 Å². The number of H-pyrrole nitrogens is 1. The third-order valence-corrected chi connectivity index (χ3v) is 13.6. The third kappa shape index (κ3) is 8.00. The average molecular weight is 897 g/mol. The Bertz CT molecular complexity index is 2460. The Morgan fingerprint density at radius 1 is 1.05 bits per heavy atom. The second-order valence-corrected chi connectivity index (χ2v) is 18.2. The molecule has 4 N–H and O–H groups in total. The number of ether oxygens (including phenoxy) is 7. The molecule has 334 valence electrons. The van der Waals surface area contributed by atoms with Crippen LogP contribution in [0.25, 0.3) is 10.9 Å². The summed E-state index contributed by atoms with van der Waals surface area (Å²) in [6.45, 7) is 7.19. The number of thioether (sulfide) groups is 1. The number of esters is 2. The molecule has 0 aliphatic carbocycles. The van der Waals surface area contributed by atoms with Gasteiger partial charge < -0.3 is 47.9 Å². The highest BCUT2D eigenvalue weighted by molar-refractivity contribution is 7.98. The van der Waals surface area contributed by atoms with E-state index in [4.69, 9.17) is 37.7 Å². The Morgan fingerprint density at radius 3 is 2.53 bits per heavy atom. The predicted octanol–water partition coefficient (Wildman–Crippen LogP) is 5.33. The minimum absolute atomic E-state index is 0.0365. The van der Waals surface area contributed by atoms with E-state index in [1.165, 1.54) is 14.0 Å². The number of hydrogen-bond acceptors (Lipinski definition) is 15. The molecule has 2 unspecified atom stereocenters. The van der Waals surface area contributed by atoms with E-state index in [0.717, 1.165) is 44.6 Å². The van der Waals surface area contributed by atoms with Crippen LogP contribution in [0.5, 0.6) is 34.5 Å². The minimum atomic E-state index is -4.86. The van der Waals surface area contributed by atoms with E-state index >= 15 is 0 Å². The fourth-order valence-corrected chi connectivity index (χ4v) is 10.8. The number of piperazine rings is 1. The highest BCUT2D eigenvalue weighted by Crippen LogP contribution is 2.54. The van der Waals surface area contributed by atoms with Crippen LogP contribution in [0.2, 0.25) is 0 Å². The molecule has 2 bridgehead atoms. The van der Waals surface area contributed by atoms with Crippen LogP contribution < -0.4 is 33.7 Å². The van der Waals surface area contributed by atoms with Crippen molar-refractivity contribution in [3.8, 4) is 34.5 Å². The lowest BCUT2D eigenvalue weighted by molar-refractivity contribution is -0.150. The van der Waals surface area contributed by atoms with Gasteiger partial charge in [-0.15, -0.1) is 0 Å². The lowest BCUT2D eigenvalue weighted by atomic mass is 9.79. The molecule has 8 rings (SSSR count). The van der Waals surface area contributed by atoms with Crippen molar-refractivity contribution in [3.63, 3.8) is 0 Å². The van der Waals surface area contributed by atoms with Crippen molar-refractivity contribution < 1.29 is 61.6 Å². The maximum Gasteiger partial charge on any atom is 0.472 e. The molecule has 0 saturated carbocycles. The summed E-state index contributed by atoms with van der Waals surface area (Å²) in [7, 11) is 0.357. The quantitative estimate of drug-likeness (QED) is 0.0548. The van der Waals surface area contributed by atoms with E-state index in [1.807, 2.05) is 45.2 Å². The number of fused-ring (bicyclic) bond motifs is 8. The number of likely N-dealkylation sites (N-methyl/N-ethyl adjacent to an activating group) is 1. The van der Waals surface area contributed by atoms with Crippen molar-refractivity contribution in [1.29, 1.82) is 0 Å². The Hall–Kier alpha value is -4.52. The molecule has 0 radical (unpaired) electrons. The van der Waals surface area contributed by atoms with Crippen molar-refractivity contribution >= 4 is 42.4 Å². The molecule has 1 saturated heterocycles. The number of rotatable bonds is 14. The Labute approximate surface area is 363 Å². The molecule has 5 atom stereocenters.